The van der Waals surface area contributed by atoms with E-state index in [0.717, 1.165) is 10.8 Å². The third-order valence-corrected chi connectivity index (χ3v) is 4.30. The molecule has 0 radical (unpaired) electrons. The van der Waals surface area contributed by atoms with Gasteiger partial charge in [0.25, 0.3) is 5.56 Å². The lowest BCUT2D eigenvalue weighted by Crippen LogP contribution is -2.28. The minimum atomic E-state index is -4.60. The van der Waals surface area contributed by atoms with Crippen LogP contribution in [0.3, 0.4) is 0 Å². The maximum atomic E-state index is 12.8. The van der Waals surface area contributed by atoms with E-state index < -0.39 is 47.3 Å². The second kappa shape index (κ2) is 7.11. The van der Waals surface area contributed by atoms with Crippen molar-refractivity contribution >= 4 is 17.0 Å². The van der Waals surface area contributed by atoms with Crippen molar-refractivity contribution in [1.29, 1.82) is 0 Å². The topological polar surface area (TPSA) is 119 Å². The Kier molecular flexibility index (Phi) is 4.95. The normalized spacial score (nSPS) is 12.9. The summed E-state index contributed by atoms with van der Waals surface area (Å²) in [6.45, 7) is -0.0123. The molecular formula is C17H15F3N4O5. The smallest absolute Gasteiger partial charge is 0.406 e. The number of hydrogen-bond donors (Lipinski definition) is 2. The van der Waals surface area contributed by atoms with Crippen LogP contribution < -0.4 is 16.9 Å². The van der Waals surface area contributed by atoms with Gasteiger partial charge in [0, 0.05) is 13.2 Å². The second-order valence-corrected chi connectivity index (χ2v) is 6.32. The van der Waals surface area contributed by atoms with Crippen LogP contribution in [-0.4, -0.2) is 31.2 Å². The summed E-state index contributed by atoms with van der Waals surface area (Å²) in [5.41, 5.74) is -2.39. The molecule has 0 aliphatic rings. The van der Waals surface area contributed by atoms with E-state index in [9.17, 15) is 32.3 Å². The van der Waals surface area contributed by atoms with Crippen LogP contribution in [0.4, 0.5) is 13.2 Å². The molecule has 0 bridgehead atoms. The van der Waals surface area contributed by atoms with Crippen LogP contribution in [0.1, 0.15) is 28.9 Å². The molecule has 0 fully saturated rings. The number of carbonyl (C=O) groups excluding carboxylic acids is 1. The van der Waals surface area contributed by atoms with E-state index in [1.165, 1.54) is 32.2 Å². The van der Waals surface area contributed by atoms with Crippen LogP contribution >= 0.6 is 0 Å². The van der Waals surface area contributed by atoms with E-state index in [2.05, 4.69) is 4.98 Å². The number of imidazole rings is 1. The Hall–Kier alpha value is -3.57. The highest BCUT2D eigenvalue weighted by molar-refractivity contribution is 5.88. The number of nitrogens with one attached hydrogen (secondary N) is 2. The van der Waals surface area contributed by atoms with Gasteiger partial charge >= 0.3 is 23.5 Å². The molecule has 29 heavy (non-hydrogen) atoms. The highest BCUT2D eigenvalue weighted by Crippen LogP contribution is 2.25. The molecule has 0 aliphatic heterocycles. The van der Waals surface area contributed by atoms with Crippen LogP contribution in [0.25, 0.3) is 11.0 Å². The molecule has 12 heteroatoms. The molecule has 3 rings (SSSR count). The van der Waals surface area contributed by atoms with Gasteiger partial charge in [0.05, 0.1) is 11.0 Å². The molecule has 9 nitrogen and oxygen atoms in total. The number of nitrogens with zero attached hydrogens (tertiary/aromatic N) is 2. The Bertz CT molecular complexity index is 1270. The molecule has 2 aromatic heterocycles. The summed E-state index contributed by atoms with van der Waals surface area (Å²) in [5, 5.41) is 0. The maximum Gasteiger partial charge on any atom is 0.406 e. The lowest BCUT2D eigenvalue weighted by atomic mass is 10.1. The first-order chi connectivity index (χ1) is 13.5. The SMILES string of the molecule is CC(OC(=O)c1c[nH]c(=O)[nH]c1=O)c1ccc2c(c1)n(CC(F)(F)F)c(=O)n2C. The molecule has 154 valence electrons. The number of aromatic amines is 2. The number of benzene rings is 1. The van der Waals surface area contributed by atoms with Crippen molar-refractivity contribution in [3.05, 3.63) is 66.8 Å². The number of esters is 1. The van der Waals surface area contributed by atoms with Gasteiger partial charge in [0.2, 0.25) is 0 Å². The van der Waals surface area contributed by atoms with Crippen molar-refractivity contribution in [3.63, 3.8) is 0 Å². The van der Waals surface area contributed by atoms with Crippen LogP contribution in [0, 0.1) is 0 Å². The van der Waals surface area contributed by atoms with Crippen molar-refractivity contribution in [3.8, 4) is 0 Å². The van der Waals surface area contributed by atoms with Gasteiger partial charge in [-0.1, -0.05) is 6.07 Å². The highest BCUT2D eigenvalue weighted by atomic mass is 19.4. The molecule has 0 aliphatic carbocycles. The average Bonchev–Trinajstić information content (AvgIpc) is 2.84. The van der Waals surface area contributed by atoms with Gasteiger partial charge in [-0.15, -0.1) is 0 Å². The Morgan fingerprint density at radius 1 is 1.21 bits per heavy atom. The predicted octanol–water partition coefficient (Wildman–Crippen LogP) is 1.20. The van der Waals surface area contributed by atoms with Gasteiger partial charge in [-0.2, -0.15) is 13.2 Å². The summed E-state index contributed by atoms with van der Waals surface area (Å²) in [7, 11) is 1.35. The van der Waals surface area contributed by atoms with Crippen LogP contribution in [-0.2, 0) is 18.3 Å². The summed E-state index contributed by atoms with van der Waals surface area (Å²) in [6, 6.07) is 4.25. The van der Waals surface area contributed by atoms with Gasteiger partial charge in [-0.25, -0.2) is 14.4 Å². The van der Waals surface area contributed by atoms with Crippen molar-refractivity contribution in [2.24, 2.45) is 7.05 Å². The van der Waals surface area contributed by atoms with Gasteiger partial charge in [0.15, 0.2) is 0 Å². The summed E-state index contributed by atoms with van der Waals surface area (Å²) < 4.78 is 45.4. The van der Waals surface area contributed by atoms with Gasteiger partial charge < -0.3 is 9.72 Å². The Morgan fingerprint density at radius 3 is 2.52 bits per heavy atom. The average molecular weight is 412 g/mol. The fraction of sp³-hybridized carbons (Fsp3) is 0.294. The monoisotopic (exact) mass is 412 g/mol. The number of rotatable bonds is 4. The van der Waals surface area contributed by atoms with E-state index in [0.29, 0.717) is 10.1 Å². The van der Waals surface area contributed by atoms with E-state index >= 15 is 0 Å². The summed E-state index contributed by atoms with van der Waals surface area (Å²) in [5.74, 6) is -1.03. The largest absolute Gasteiger partial charge is 0.454 e. The van der Waals surface area contributed by atoms with E-state index in [1.54, 1.807) is 0 Å². The maximum absolute atomic E-state index is 12.8. The first kappa shape index (κ1) is 20.2. The van der Waals surface area contributed by atoms with Crippen molar-refractivity contribution in [2.45, 2.75) is 25.7 Å². The number of carbonyl (C=O) groups is 1. The van der Waals surface area contributed by atoms with E-state index in [-0.39, 0.29) is 11.0 Å². The van der Waals surface area contributed by atoms with Crippen LogP contribution in [0.15, 0.2) is 38.8 Å². The van der Waals surface area contributed by atoms with Crippen molar-refractivity contribution < 1.29 is 22.7 Å². The number of H-pyrrole nitrogens is 2. The minimum Gasteiger partial charge on any atom is -0.454 e. The zero-order valence-electron chi connectivity index (χ0n) is 15.2. The van der Waals surface area contributed by atoms with Gasteiger partial charge in [-0.05, 0) is 24.6 Å². The molecule has 1 unspecified atom stereocenters. The Labute approximate surface area is 159 Å². The number of ether oxygens (including phenoxy) is 1. The molecule has 0 saturated heterocycles. The standard InChI is InChI=1S/C17H15F3N4O5/c1-8(29-14(26)10-6-21-15(27)22-13(10)25)9-3-4-11-12(5-9)24(7-17(18,19)20)16(28)23(11)2/h3-6,8H,7H2,1-2H3,(H2,21,22,25,27). The van der Waals surface area contributed by atoms with Gasteiger partial charge in [0.1, 0.15) is 18.2 Å². The zero-order valence-corrected chi connectivity index (χ0v) is 15.2. The zero-order chi connectivity index (χ0) is 21.5. The number of alkyl halides is 3. The molecule has 0 spiro atoms. The van der Waals surface area contributed by atoms with Crippen LogP contribution in [0.5, 0.6) is 0 Å². The molecule has 0 amide bonds. The molecule has 1 aromatic carbocycles. The van der Waals surface area contributed by atoms with E-state index in [1.807, 2.05) is 4.98 Å². The fourth-order valence-corrected chi connectivity index (χ4v) is 2.87. The predicted molar refractivity (Wildman–Crippen MR) is 94.7 cm³/mol. The van der Waals surface area contributed by atoms with Crippen LogP contribution in [0.2, 0.25) is 0 Å². The number of aromatic nitrogens is 4. The third kappa shape index (κ3) is 4.00. The number of halogens is 3. The lowest BCUT2D eigenvalue weighted by molar-refractivity contribution is -0.140. The summed E-state index contributed by atoms with van der Waals surface area (Å²) in [6.07, 6.45) is -4.65. The third-order valence-electron chi connectivity index (χ3n) is 4.30. The fourth-order valence-electron chi connectivity index (χ4n) is 2.87. The lowest BCUT2D eigenvalue weighted by Gasteiger charge is -2.14. The first-order valence-corrected chi connectivity index (χ1v) is 8.27. The minimum absolute atomic E-state index is 0.0251. The molecule has 0 saturated carbocycles. The van der Waals surface area contributed by atoms with E-state index in [4.69, 9.17) is 4.74 Å². The molecule has 1 atom stereocenters. The quantitative estimate of drug-likeness (QED) is 0.624. The molecule has 3 aromatic rings. The van der Waals surface area contributed by atoms with Gasteiger partial charge in [-0.3, -0.25) is 18.9 Å². The summed E-state index contributed by atoms with van der Waals surface area (Å²) >= 11 is 0. The number of hydrogen-bond acceptors (Lipinski definition) is 5. The number of aryl methyl sites for hydroxylation is 1. The van der Waals surface area contributed by atoms with Crippen molar-refractivity contribution in [1.82, 2.24) is 19.1 Å². The first-order valence-electron chi connectivity index (χ1n) is 8.27. The molecule has 2 heterocycles. The summed E-state index contributed by atoms with van der Waals surface area (Å²) in [4.78, 5) is 51.0. The Balaban J connectivity index is 1.96. The number of fused-ring (bicyclic) bond motifs is 1. The van der Waals surface area contributed by atoms with Crippen molar-refractivity contribution in [2.75, 3.05) is 0 Å². The molecule has 2 N–H and O–H groups in total. The Morgan fingerprint density at radius 2 is 1.90 bits per heavy atom. The second-order valence-electron chi connectivity index (χ2n) is 6.32. The highest BCUT2D eigenvalue weighted by Gasteiger charge is 2.30. The molecular weight excluding hydrogens is 397 g/mol.